The van der Waals surface area contributed by atoms with Crippen molar-refractivity contribution in [1.82, 2.24) is 0 Å². The smallest absolute Gasteiger partial charge is 0.0553 e. The molecule has 3 atom stereocenters. The van der Waals surface area contributed by atoms with Crippen LogP contribution in [0.1, 0.15) is 67.7 Å². The Morgan fingerprint density at radius 3 is 1.81 bits per heavy atom. The van der Waals surface area contributed by atoms with Crippen LogP contribution < -0.4 is 0 Å². The summed E-state index contributed by atoms with van der Waals surface area (Å²) in [6.45, 7) is 15.5. The standard InChI is InChI=1S/C13H26O.C2H6/c1-6-13(9(2)3)12-7-10(4)14-11(5)8-12;1-2/h9-13H,6-8H2,1-5H3;1-2H3. The predicted molar refractivity (Wildman–Crippen MR) is 72.7 cm³/mol. The van der Waals surface area contributed by atoms with E-state index in [-0.39, 0.29) is 0 Å². The Morgan fingerprint density at radius 2 is 1.50 bits per heavy atom. The van der Waals surface area contributed by atoms with Gasteiger partial charge in [-0.15, -0.1) is 0 Å². The zero-order chi connectivity index (χ0) is 12.7. The SMILES string of the molecule is CC.CCC(C(C)C)C1CC(C)OC(C)C1. The van der Waals surface area contributed by atoms with Gasteiger partial charge in [-0.25, -0.2) is 0 Å². The minimum Gasteiger partial charge on any atom is -0.376 e. The Labute approximate surface area is 103 Å². The van der Waals surface area contributed by atoms with Gasteiger partial charge in [0.05, 0.1) is 12.2 Å². The summed E-state index contributed by atoms with van der Waals surface area (Å²) in [5.41, 5.74) is 0. The summed E-state index contributed by atoms with van der Waals surface area (Å²) in [7, 11) is 0. The fraction of sp³-hybridized carbons (Fsp3) is 1.00. The molecule has 0 aliphatic carbocycles. The Kier molecular flexibility index (Phi) is 8.09. The summed E-state index contributed by atoms with van der Waals surface area (Å²) in [5.74, 6) is 2.60. The van der Waals surface area contributed by atoms with E-state index >= 15 is 0 Å². The van der Waals surface area contributed by atoms with Crippen LogP contribution >= 0.6 is 0 Å². The van der Waals surface area contributed by atoms with Crippen molar-refractivity contribution in [3.63, 3.8) is 0 Å². The van der Waals surface area contributed by atoms with Gasteiger partial charge in [-0.1, -0.05) is 41.0 Å². The van der Waals surface area contributed by atoms with Crippen LogP contribution in [-0.4, -0.2) is 12.2 Å². The zero-order valence-electron chi connectivity index (χ0n) is 12.4. The Bertz CT molecular complexity index is 155. The van der Waals surface area contributed by atoms with Crippen LogP contribution in [0.5, 0.6) is 0 Å². The van der Waals surface area contributed by atoms with E-state index < -0.39 is 0 Å². The van der Waals surface area contributed by atoms with E-state index in [2.05, 4.69) is 34.6 Å². The molecule has 1 nitrogen and oxygen atoms in total. The molecule has 0 aromatic carbocycles. The third-order valence-corrected chi connectivity index (χ3v) is 3.67. The summed E-state index contributed by atoms with van der Waals surface area (Å²) >= 11 is 0. The third kappa shape index (κ3) is 4.86. The first-order valence-corrected chi connectivity index (χ1v) is 7.20. The van der Waals surface area contributed by atoms with E-state index in [1.807, 2.05) is 13.8 Å². The van der Waals surface area contributed by atoms with Gasteiger partial charge >= 0.3 is 0 Å². The molecular weight excluding hydrogens is 196 g/mol. The molecule has 1 aliphatic rings. The van der Waals surface area contributed by atoms with Crippen molar-refractivity contribution in [2.45, 2.75) is 79.9 Å². The molecule has 0 spiro atoms. The van der Waals surface area contributed by atoms with Gasteiger partial charge in [0.25, 0.3) is 0 Å². The van der Waals surface area contributed by atoms with Gasteiger partial charge in [0, 0.05) is 0 Å². The monoisotopic (exact) mass is 228 g/mol. The fourth-order valence-electron chi connectivity index (χ4n) is 3.16. The van der Waals surface area contributed by atoms with E-state index in [4.69, 9.17) is 4.74 Å². The molecule has 16 heavy (non-hydrogen) atoms. The maximum atomic E-state index is 5.79. The van der Waals surface area contributed by atoms with Gasteiger partial charge < -0.3 is 4.74 Å². The third-order valence-electron chi connectivity index (χ3n) is 3.67. The fourth-order valence-corrected chi connectivity index (χ4v) is 3.16. The Morgan fingerprint density at radius 1 is 1.06 bits per heavy atom. The number of ether oxygens (including phenoxy) is 1. The van der Waals surface area contributed by atoms with Crippen LogP contribution in [0.15, 0.2) is 0 Å². The summed E-state index contributed by atoms with van der Waals surface area (Å²) in [5, 5.41) is 0. The van der Waals surface area contributed by atoms with Gasteiger partial charge in [-0.3, -0.25) is 0 Å². The summed E-state index contributed by atoms with van der Waals surface area (Å²) in [6.07, 6.45) is 4.79. The molecule has 0 bridgehead atoms. The lowest BCUT2D eigenvalue weighted by molar-refractivity contribution is -0.0680. The maximum Gasteiger partial charge on any atom is 0.0553 e. The predicted octanol–water partition coefficient (Wildman–Crippen LogP) is 4.90. The number of hydrogen-bond donors (Lipinski definition) is 0. The molecule has 1 rings (SSSR count). The molecule has 0 aromatic heterocycles. The molecule has 1 aliphatic heterocycles. The van der Waals surface area contributed by atoms with Crippen molar-refractivity contribution in [1.29, 1.82) is 0 Å². The number of hydrogen-bond acceptors (Lipinski definition) is 1. The van der Waals surface area contributed by atoms with Crippen LogP contribution in [0, 0.1) is 17.8 Å². The maximum absolute atomic E-state index is 5.79. The van der Waals surface area contributed by atoms with Crippen LogP contribution in [0.2, 0.25) is 0 Å². The summed E-state index contributed by atoms with van der Waals surface area (Å²) < 4.78 is 5.79. The lowest BCUT2D eigenvalue weighted by atomic mass is 9.75. The first-order chi connectivity index (χ1) is 7.54. The molecule has 98 valence electrons. The van der Waals surface area contributed by atoms with E-state index in [0.29, 0.717) is 12.2 Å². The van der Waals surface area contributed by atoms with Crippen molar-refractivity contribution in [2.75, 3.05) is 0 Å². The number of rotatable bonds is 3. The van der Waals surface area contributed by atoms with Crippen molar-refractivity contribution in [2.24, 2.45) is 17.8 Å². The second-order valence-corrected chi connectivity index (χ2v) is 5.30. The van der Waals surface area contributed by atoms with Gasteiger partial charge in [0.1, 0.15) is 0 Å². The first kappa shape index (κ1) is 16.0. The van der Waals surface area contributed by atoms with Crippen molar-refractivity contribution in [3.8, 4) is 0 Å². The molecule has 0 aromatic rings. The average Bonchev–Trinajstić information content (AvgIpc) is 2.19. The van der Waals surface area contributed by atoms with E-state index in [9.17, 15) is 0 Å². The molecular formula is C15H32O. The molecule has 0 saturated carbocycles. The average molecular weight is 228 g/mol. The highest BCUT2D eigenvalue weighted by Crippen LogP contribution is 2.35. The van der Waals surface area contributed by atoms with Gasteiger partial charge in [0.15, 0.2) is 0 Å². The van der Waals surface area contributed by atoms with Gasteiger partial charge in [0.2, 0.25) is 0 Å². The largest absolute Gasteiger partial charge is 0.376 e. The highest BCUT2D eigenvalue weighted by Gasteiger charge is 2.30. The van der Waals surface area contributed by atoms with Crippen LogP contribution in [0.25, 0.3) is 0 Å². The quantitative estimate of drug-likeness (QED) is 0.667. The van der Waals surface area contributed by atoms with Crippen molar-refractivity contribution < 1.29 is 4.74 Å². The molecule has 3 unspecified atom stereocenters. The molecule has 1 heterocycles. The minimum atomic E-state index is 0.469. The summed E-state index contributed by atoms with van der Waals surface area (Å²) in [6, 6.07) is 0. The van der Waals surface area contributed by atoms with E-state index in [1.165, 1.54) is 19.3 Å². The Hall–Kier alpha value is -0.0400. The molecule has 0 radical (unpaired) electrons. The second kappa shape index (κ2) is 8.11. The van der Waals surface area contributed by atoms with Crippen LogP contribution in [-0.2, 0) is 4.74 Å². The van der Waals surface area contributed by atoms with Crippen molar-refractivity contribution in [3.05, 3.63) is 0 Å². The van der Waals surface area contributed by atoms with Crippen LogP contribution in [0.4, 0.5) is 0 Å². The van der Waals surface area contributed by atoms with E-state index in [0.717, 1.165) is 17.8 Å². The molecule has 1 saturated heterocycles. The zero-order valence-corrected chi connectivity index (χ0v) is 12.4. The Balaban J connectivity index is 0.00000106. The highest BCUT2D eigenvalue weighted by atomic mass is 16.5. The highest BCUT2D eigenvalue weighted by molar-refractivity contribution is 4.80. The molecule has 1 fully saturated rings. The molecule has 1 heteroatoms. The second-order valence-electron chi connectivity index (χ2n) is 5.30. The lowest BCUT2D eigenvalue weighted by Crippen LogP contribution is -2.34. The normalized spacial score (nSPS) is 31.9. The topological polar surface area (TPSA) is 9.23 Å². The van der Waals surface area contributed by atoms with E-state index in [1.54, 1.807) is 0 Å². The minimum absolute atomic E-state index is 0.469. The first-order valence-electron chi connectivity index (χ1n) is 7.20. The summed E-state index contributed by atoms with van der Waals surface area (Å²) in [4.78, 5) is 0. The molecule has 0 N–H and O–H groups in total. The van der Waals surface area contributed by atoms with Crippen LogP contribution in [0.3, 0.4) is 0 Å². The van der Waals surface area contributed by atoms with Gasteiger partial charge in [-0.05, 0) is 44.4 Å². The van der Waals surface area contributed by atoms with Crippen molar-refractivity contribution >= 4 is 0 Å². The van der Waals surface area contributed by atoms with Gasteiger partial charge in [-0.2, -0.15) is 0 Å². The lowest BCUT2D eigenvalue weighted by Gasteiger charge is -2.38. The molecule has 0 amide bonds.